The maximum atomic E-state index is 12.7. The Balaban J connectivity index is 1.37. The summed E-state index contributed by atoms with van der Waals surface area (Å²) >= 11 is 0. The van der Waals surface area contributed by atoms with Crippen LogP contribution < -0.4 is 10.6 Å². The maximum Gasteiger partial charge on any atom is 0.247 e. The molecule has 1 saturated heterocycles. The van der Waals surface area contributed by atoms with Gasteiger partial charge in [-0.25, -0.2) is 0 Å². The van der Waals surface area contributed by atoms with E-state index in [0.717, 1.165) is 30.8 Å². The van der Waals surface area contributed by atoms with Gasteiger partial charge in [-0.15, -0.1) is 0 Å². The molecule has 1 aromatic carbocycles. The molecule has 4 rings (SSSR count). The quantitative estimate of drug-likeness (QED) is 0.788. The fraction of sp³-hybridized carbons (Fsp3) is 0.636. The van der Waals surface area contributed by atoms with Gasteiger partial charge in [-0.05, 0) is 43.4 Å². The number of morpholine rings is 1. The van der Waals surface area contributed by atoms with E-state index in [2.05, 4.69) is 22.5 Å². The smallest absolute Gasteiger partial charge is 0.247 e. The lowest BCUT2D eigenvalue weighted by Gasteiger charge is -2.54. The van der Waals surface area contributed by atoms with E-state index in [1.807, 2.05) is 24.3 Å². The van der Waals surface area contributed by atoms with Crippen molar-refractivity contribution < 1.29 is 14.3 Å². The monoisotopic (exact) mass is 385 g/mol. The average molecular weight is 386 g/mol. The third-order valence-electron chi connectivity index (χ3n) is 6.55. The minimum atomic E-state index is -0.616. The van der Waals surface area contributed by atoms with E-state index in [9.17, 15) is 9.59 Å². The second-order valence-electron chi connectivity index (χ2n) is 8.43. The summed E-state index contributed by atoms with van der Waals surface area (Å²) in [4.78, 5) is 27.6. The highest BCUT2D eigenvalue weighted by atomic mass is 16.5. The second kappa shape index (κ2) is 8.21. The lowest BCUT2D eigenvalue weighted by Crippen LogP contribution is -2.63. The first-order valence-corrected chi connectivity index (χ1v) is 10.6. The predicted molar refractivity (Wildman–Crippen MR) is 107 cm³/mol. The predicted octanol–water partition coefficient (Wildman–Crippen LogP) is 2.29. The van der Waals surface area contributed by atoms with Crippen LogP contribution in [0.2, 0.25) is 0 Å². The van der Waals surface area contributed by atoms with Crippen LogP contribution in [-0.4, -0.2) is 48.1 Å². The number of fused-ring (bicyclic) bond motifs is 1. The van der Waals surface area contributed by atoms with Gasteiger partial charge in [0.05, 0.1) is 19.1 Å². The summed E-state index contributed by atoms with van der Waals surface area (Å²) in [6.07, 6.45) is 6.22. The zero-order valence-corrected chi connectivity index (χ0v) is 16.7. The molecule has 1 saturated carbocycles. The van der Waals surface area contributed by atoms with Crippen molar-refractivity contribution >= 4 is 11.8 Å². The van der Waals surface area contributed by atoms with E-state index in [1.165, 1.54) is 32.1 Å². The molecule has 2 aliphatic heterocycles. The summed E-state index contributed by atoms with van der Waals surface area (Å²) in [5, 5.41) is 5.79. The molecule has 2 atom stereocenters. The van der Waals surface area contributed by atoms with Gasteiger partial charge in [0, 0.05) is 18.6 Å². The van der Waals surface area contributed by atoms with Crippen molar-refractivity contribution in [1.82, 2.24) is 15.5 Å². The van der Waals surface area contributed by atoms with Gasteiger partial charge >= 0.3 is 0 Å². The summed E-state index contributed by atoms with van der Waals surface area (Å²) in [7, 11) is 0. The Labute approximate surface area is 167 Å². The summed E-state index contributed by atoms with van der Waals surface area (Å²) in [6.45, 7) is 5.34. The maximum absolute atomic E-state index is 12.7. The number of hydrogen-bond donors (Lipinski definition) is 2. The molecule has 0 radical (unpaired) electrons. The van der Waals surface area contributed by atoms with E-state index in [1.54, 1.807) is 0 Å². The van der Waals surface area contributed by atoms with Crippen molar-refractivity contribution in [3.05, 3.63) is 35.4 Å². The van der Waals surface area contributed by atoms with Gasteiger partial charge in [0.15, 0.2) is 0 Å². The van der Waals surface area contributed by atoms with Crippen LogP contribution in [0.3, 0.4) is 0 Å². The highest BCUT2D eigenvalue weighted by molar-refractivity contribution is 5.90. The molecular formula is C22H31N3O3. The molecule has 2 unspecified atom stereocenters. The van der Waals surface area contributed by atoms with Gasteiger partial charge in [0.2, 0.25) is 11.8 Å². The highest BCUT2D eigenvalue weighted by Crippen LogP contribution is 2.41. The SMILES string of the molecule is CCCCN1CC(CC(=O)NC2C(=O)NCc3ccccc32)OCC12CCC2. The van der Waals surface area contributed by atoms with Gasteiger partial charge < -0.3 is 15.4 Å². The van der Waals surface area contributed by atoms with Crippen LogP contribution in [0.5, 0.6) is 0 Å². The van der Waals surface area contributed by atoms with E-state index in [-0.39, 0.29) is 23.5 Å². The molecule has 6 heteroatoms. The first-order valence-electron chi connectivity index (χ1n) is 10.6. The van der Waals surface area contributed by atoms with Gasteiger partial charge in [-0.2, -0.15) is 0 Å². The van der Waals surface area contributed by atoms with Crippen LogP contribution in [0.15, 0.2) is 24.3 Å². The van der Waals surface area contributed by atoms with Gasteiger partial charge in [-0.3, -0.25) is 14.5 Å². The van der Waals surface area contributed by atoms with Gasteiger partial charge in [0.25, 0.3) is 0 Å². The number of carbonyl (C=O) groups is 2. The Morgan fingerprint density at radius 2 is 2.18 bits per heavy atom. The summed E-state index contributed by atoms with van der Waals surface area (Å²) in [6, 6.07) is 7.15. The number of ether oxygens (including phenoxy) is 1. The number of hydrogen-bond acceptors (Lipinski definition) is 4. The molecular weight excluding hydrogens is 354 g/mol. The Morgan fingerprint density at radius 3 is 2.93 bits per heavy atom. The first-order chi connectivity index (χ1) is 13.6. The molecule has 1 aromatic rings. The summed E-state index contributed by atoms with van der Waals surface area (Å²) < 4.78 is 6.10. The molecule has 0 aromatic heterocycles. The molecule has 2 N–H and O–H groups in total. The van der Waals surface area contributed by atoms with Crippen molar-refractivity contribution in [2.75, 3.05) is 19.7 Å². The third kappa shape index (κ3) is 3.80. The molecule has 1 aliphatic carbocycles. The topological polar surface area (TPSA) is 70.7 Å². The van der Waals surface area contributed by atoms with Crippen molar-refractivity contribution in [3.8, 4) is 0 Å². The largest absolute Gasteiger partial charge is 0.374 e. The van der Waals surface area contributed by atoms with Crippen LogP contribution in [-0.2, 0) is 20.9 Å². The molecule has 2 heterocycles. The summed E-state index contributed by atoms with van der Waals surface area (Å²) in [5.74, 6) is -0.267. The van der Waals surface area contributed by atoms with E-state index >= 15 is 0 Å². The number of benzene rings is 1. The lowest BCUT2D eigenvalue weighted by atomic mass is 9.74. The van der Waals surface area contributed by atoms with Crippen molar-refractivity contribution in [1.29, 1.82) is 0 Å². The molecule has 2 fully saturated rings. The van der Waals surface area contributed by atoms with Crippen LogP contribution in [0, 0.1) is 0 Å². The Morgan fingerprint density at radius 1 is 1.36 bits per heavy atom. The van der Waals surface area contributed by atoms with Crippen molar-refractivity contribution in [3.63, 3.8) is 0 Å². The van der Waals surface area contributed by atoms with Crippen LogP contribution in [0.4, 0.5) is 0 Å². The number of carbonyl (C=O) groups excluding carboxylic acids is 2. The average Bonchev–Trinajstić information content (AvgIpc) is 2.67. The number of nitrogens with one attached hydrogen (secondary N) is 2. The Kier molecular flexibility index (Phi) is 5.69. The fourth-order valence-corrected chi connectivity index (χ4v) is 4.68. The molecule has 28 heavy (non-hydrogen) atoms. The highest BCUT2D eigenvalue weighted by Gasteiger charge is 2.46. The van der Waals surface area contributed by atoms with Crippen molar-refractivity contribution in [2.45, 2.75) is 69.7 Å². The molecule has 0 bridgehead atoms. The van der Waals surface area contributed by atoms with E-state index in [0.29, 0.717) is 13.0 Å². The second-order valence-corrected chi connectivity index (χ2v) is 8.43. The zero-order valence-electron chi connectivity index (χ0n) is 16.7. The molecule has 6 nitrogen and oxygen atoms in total. The number of nitrogens with zero attached hydrogens (tertiary/aromatic N) is 1. The van der Waals surface area contributed by atoms with Crippen LogP contribution in [0.25, 0.3) is 0 Å². The number of rotatable bonds is 6. The Bertz CT molecular complexity index is 731. The van der Waals surface area contributed by atoms with E-state index < -0.39 is 6.04 Å². The minimum absolute atomic E-state index is 0.107. The molecule has 2 amide bonds. The van der Waals surface area contributed by atoms with E-state index in [4.69, 9.17) is 4.74 Å². The molecule has 152 valence electrons. The normalized spacial score (nSPS) is 26.2. The zero-order chi connectivity index (χ0) is 19.6. The number of unbranched alkanes of at least 4 members (excludes halogenated alkanes) is 1. The lowest BCUT2D eigenvalue weighted by molar-refractivity contribution is -0.152. The summed E-state index contributed by atoms with van der Waals surface area (Å²) in [5.41, 5.74) is 2.16. The Hall–Kier alpha value is -1.92. The van der Waals surface area contributed by atoms with Crippen LogP contribution >= 0.6 is 0 Å². The molecule has 3 aliphatic rings. The van der Waals surface area contributed by atoms with Crippen LogP contribution in [0.1, 0.15) is 62.6 Å². The van der Waals surface area contributed by atoms with Gasteiger partial charge in [0.1, 0.15) is 6.04 Å². The standard InChI is InChI=1S/C22H31N3O3/c1-2-3-11-25-14-17(28-15-22(25)9-6-10-22)12-19(26)24-20-18-8-5-4-7-16(18)13-23-21(20)27/h4-5,7-8,17,20H,2-3,6,9-15H2,1H3,(H,23,27)(H,24,26). The third-order valence-corrected chi connectivity index (χ3v) is 6.55. The van der Waals surface area contributed by atoms with Gasteiger partial charge in [-0.1, -0.05) is 37.6 Å². The molecule has 1 spiro atoms. The van der Waals surface area contributed by atoms with Crippen molar-refractivity contribution in [2.24, 2.45) is 0 Å². The number of amides is 2. The minimum Gasteiger partial charge on any atom is -0.374 e. The first kappa shape index (κ1) is 19.4. The fourth-order valence-electron chi connectivity index (χ4n) is 4.68.